The smallest absolute Gasteiger partial charge is 0.253 e. The van der Waals surface area contributed by atoms with E-state index in [9.17, 15) is 4.79 Å². The number of aromatic nitrogens is 3. The summed E-state index contributed by atoms with van der Waals surface area (Å²) in [5.74, 6) is 1.38. The highest BCUT2D eigenvalue weighted by Gasteiger charge is 2.31. The molecule has 4 rings (SSSR count). The van der Waals surface area contributed by atoms with Gasteiger partial charge in [0.1, 0.15) is 11.3 Å². The molecule has 0 bridgehead atoms. The predicted octanol–water partition coefficient (Wildman–Crippen LogP) is 3.84. The molecule has 1 fully saturated rings. The van der Waals surface area contributed by atoms with Crippen LogP contribution in [-0.2, 0) is 6.54 Å². The van der Waals surface area contributed by atoms with Crippen molar-refractivity contribution in [2.45, 2.75) is 25.8 Å². The van der Waals surface area contributed by atoms with E-state index < -0.39 is 0 Å². The summed E-state index contributed by atoms with van der Waals surface area (Å²) in [6, 6.07) is 11.5. The summed E-state index contributed by atoms with van der Waals surface area (Å²) in [6.45, 7) is 4.41. The molecule has 1 aromatic carbocycles. The van der Waals surface area contributed by atoms with Gasteiger partial charge in [-0.25, -0.2) is 9.97 Å². The summed E-state index contributed by atoms with van der Waals surface area (Å²) in [4.78, 5) is 24.0. The Balaban J connectivity index is 1.59. The number of fused-ring (bicyclic) bond motifs is 1. The van der Waals surface area contributed by atoms with Crippen molar-refractivity contribution < 1.29 is 4.79 Å². The molecule has 0 spiro atoms. The topological polar surface area (TPSA) is 51.0 Å². The summed E-state index contributed by atoms with van der Waals surface area (Å²) in [6.07, 6.45) is 2.74. The number of nitrogens with zero attached hydrogens (tertiary/aromatic N) is 4. The van der Waals surface area contributed by atoms with Gasteiger partial charge in [0.15, 0.2) is 5.65 Å². The fourth-order valence-corrected chi connectivity index (χ4v) is 3.96. The van der Waals surface area contributed by atoms with Crippen LogP contribution in [0.15, 0.2) is 47.1 Å². The number of carbonyl (C=O) groups excluding carboxylic acids is 1. The number of likely N-dealkylation sites (tertiary alicyclic amines) is 1. The Morgan fingerprint density at radius 1 is 1.32 bits per heavy atom. The molecule has 1 amide bonds. The standard InChI is InChI=1S/C19H19BrN4O/c1-2-24-17(22-16-7-4-9-21-18(16)24)14-8-10-23(12-14)19(25)13-5-3-6-15(20)11-13/h3-7,9,11,14H,2,8,10,12H2,1H3/t14-/m1/s1. The second-order valence-electron chi connectivity index (χ2n) is 6.31. The molecule has 0 aliphatic carbocycles. The second-order valence-corrected chi connectivity index (χ2v) is 7.22. The van der Waals surface area contributed by atoms with Gasteiger partial charge >= 0.3 is 0 Å². The van der Waals surface area contributed by atoms with Crippen LogP contribution in [0.2, 0.25) is 0 Å². The quantitative estimate of drug-likeness (QED) is 0.673. The van der Waals surface area contributed by atoms with Gasteiger partial charge in [-0.1, -0.05) is 22.0 Å². The van der Waals surface area contributed by atoms with E-state index in [1.54, 1.807) is 6.20 Å². The van der Waals surface area contributed by atoms with Crippen LogP contribution in [0.25, 0.3) is 11.2 Å². The second kappa shape index (κ2) is 6.59. The van der Waals surface area contributed by atoms with Gasteiger partial charge in [-0.3, -0.25) is 4.79 Å². The van der Waals surface area contributed by atoms with Crippen LogP contribution in [0.1, 0.15) is 35.4 Å². The Morgan fingerprint density at radius 3 is 3.00 bits per heavy atom. The Morgan fingerprint density at radius 2 is 2.20 bits per heavy atom. The number of benzene rings is 1. The average molecular weight is 399 g/mol. The van der Waals surface area contributed by atoms with Crippen LogP contribution in [0.4, 0.5) is 0 Å². The lowest BCUT2D eigenvalue weighted by atomic mass is 10.1. The zero-order valence-electron chi connectivity index (χ0n) is 14.0. The summed E-state index contributed by atoms with van der Waals surface area (Å²) in [5.41, 5.74) is 2.58. The SMILES string of the molecule is CCn1c([C@@H]2CCN(C(=O)c3cccc(Br)c3)C2)nc2cccnc21. The summed E-state index contributed by atoms with van der Waals surface area (Å²) < 4.78 is 3.10. The summed E-state index contributed by atoms with van der Waals surface area (Å²) >= 11 is 3.44. The molecule has 25 heavy (non-hydrogen) atoms. The van der Waals surface area contributed by atoms with Gasteiger partial charge in [0.05, 0.1) is 0 Å². The third kappa shape index (κ3) is 2.95. The van der Waals surface area contributed by atoms with Gasteiger partial charge < -0.3 is 9.47 Å². The van der Waals surface area contributed by atoms with Crippen molar-refractivity contribution in [3.8, 4) is 0 Å². The van der Waals surface area contributed by atoms with Crippen molar-refractivity contribution in [3.63, 3.8) is 0 Å². The van der Waals surface area contributed by atoms with Crippen LogP contribution in [0, 0.1) is 0 Å². The predicted molar refractivity (Wildman–Crippen MR) is 101 cm³/mol. The molecule has 6 heteroatoms. The van der Waals surface area contributed by atoms with Gasteiger partial charge in [0, 0.05) is 41.8 Å². The minimum Gasteiger partial charge on any atom is -0.338 e. The Bertz CT molecular complexity index is 936. The third-order valence-electron chi connectivity index (χ3n) is 4.76. The lowest BCUT2D eigenvalue weighted by Gasteiger charge is -2.17. The minimum atomic E-state index is 0.0843. The monoisotopic (exact) mass is 398 g/mol. The van der Waals surface area contributed by atoms with Gasteiger partial charge in [-0.05, 0) is 43.7 Å². The van der Waals surface area contributed by atoms with E-state index in [1.807, 2.05) is 41.3 Å². The number of pyridine rings is 1. The van der Waals surface area contributed by atoms with E-state index >= 15 is 0 Å². The largest absolute Gasteiger partial charge is 0.338 e. The highest BCUT2D eigenvalue weighted by Crippen LogP contribution is 2.30. The first-order valence-electron chi connectivity index (χ1n) is 8.53. The van der Waals surface area contributed by atoms with Crippen molar-refractivity contribution in [2.24, 2.45) is 0 Å². The van der Waals surface area contributed by atoms with Gasteiger partial charge in [-0.2, -0.15) is 0 Å². The van der Waals surface area contributed by atoms with Gasteiger partial charge in [0.25, 0.3) is 5.91 Å². The molecule has 1 aliphatic heterocycles. The maximum atomic E-state index is 12.8. The molecule has 1 atom stereocenters. The van der Waals surface area contributed by atoms with Crippen molar-refractivity contribution >= 4 is 33.0 Å². The summed E-state index contributed by atoms with van der Waals surface area (Å²) in [7, 11) is 0. The molecule has 1 aliphatic rings. The molecule has 0 N–H and O–H groups in total. The van der Waals surface area contributed by atoms with E-state index in [4.69, 9.17) is 4.98 Å². The number of carbonyl (C=O) groups is 1. The lowest BCUT2D eigenvalue weighted by molar-refractivity contribution is 0.0790. The molecule has 5 nitrogen and oxygen atoms in total. The fourth-order valence-electron chi connectivity index (χ4n) is 3.56. The molecule has 3 heterocycles. The van der Waals surface area contributed by atoms with Crippen molar-refractivity contribution in [1.29, 1.82) is 0 Å². The first-order chi connectivity index (χ1) is 12.2. The van der Waals surface area contributed by atoms with E-state index in [0.29, 0.717) is 6.54 Å². The fraction of sp³-hybridized carbons (Fsp3) is 0.316. The van der Waals surface area contributed by atoms with Crippen molar-refractivity contribution in [3.05, 3.63) is 58.5 Å². The molecule has 1 saturated heterocycles. The summed E-state index contributed by atoms with van der Waals surface area (Å²) in [5, 5.41) is 0. The minimum absolute atomic E-state index is 0.0843. The number of imidazole rings is 1. The van der Waals surface area contributed by atoms with Crippen LogP contribution < -0.4 is 0 Å². The molecule has 2 aromatic heterocycles. The van der Waals surface area contributed by atoms with Crippen LogP contribution in [-0.4, -0.2) is 38.4 Å². The highest BCUT2D eigenvalue weighted by atomic mass is 79.9. The van der Waals surface area contributed by atoms with Gasteiger partial charge in [-0.15, -0.1) is 0 Å². The molecule has 3 aromatic rings. The van der Waals surface area contributed by atoms with E-state index in [-0.39, 0.29) is 11.8 Å². The molecular weight excluding hydrogens is 380 g/mol. The zero-order valence-corrected chi connectivity index (χ0v) is 15.6. The van der Waals surface area contributed by atoms with E-state index in [2.05, 4.69) is 32.4 Å². The number of halogens is 1. The Hall–Kier alpha value is -2.21. The molecular formula is C19H19BrN4O. The first kappa shape index (κ1) is 16.3. The normalized spacial score (nSPS) is 17.4. The van der Waals surface area contributed by atoms with Crippen molar-refractivity contribution in [2.75, 3.05) is 13.1 Å². The maximum absolute atomic E-state index is 12.8. The number of aryl methyl sites for hydroxylation is 1. The van der Waals surface area contributed by atoms with Crippen LogP contribution >= 0.6 is 15.9 Å². The van der Waals surface area contributed by atoms with E-state index in [0.717, 1.165) is 46.5 Å². The van der Waals surface area contributed by atoms with Crippen molar-refractivity contribution in [1.82, 2.24) is 19.4 Å². The maximum Gasteiger partial charge on any atom is 0.253 e. The number of hydrogen-bond donors (Lipinski definition) is 0. The number of hydrogen-bond acceptors (Lipinski definition) is 3. The third-order valence-corrected chi connectivity index (χ3v) is 5.25. The Labute approximate surface area is 154 Å². The molecule has 128 valence electrons. The first-order valence-corrected chi connectivity index (χ1v) is 9.32. The Kier molecular flexibility index (Phi) is 4.29. The molecule has 0 saturated carbocycles. The zero-order chi connectivity index (χ0) is 17.4. The molecule has 0 radical (unpaired) electrons. The van der Waals surface area contributed by atoms with Gasteiger partial charge in [0.2, 0.25) is 0 Å². The molecule has 0 unspecified atom stereocenters. The number of rotatable bonds is 3. The highest BCUT2D eigenvalue weighted by molar-refractivity contribution is 9.10. The van der Waals surface area contributed by atoms with Crippen LogP contribution in [0.3, 0.4) is 0 Å². The van der Waals surface area contributed by atoms with E-state index in [1.165, 1.54) is 0 Å². The number of amides is 1. The lowest BCUT2D eigenvalue weighted by Crippen LogP contribution is -2.28. The average Bonchev–Trinajstić information content (AvgIpc) is 3.25. The van der Waals surface area contributed by atoms with Crippen LogP contribution in [0.5, 0.6) is 0 Å².